The van der Waals surface area contributed by atoms with Gasteiger partial charge in [-0.1, -0.05) is 12.1 Å². The van der Waals surface area contributed by atoms with E-state index in [9.17, 15) is 9.59 Å². The molecule has 1 aromatic carbocycles. The number of carbonyl (C=O) groups excluding carboxylic acids is 2. The van der Waals surface area contributed by atoms with Gasteiger partial charge in [0.1, 0.15) is 5.75 Å². The average Bonchev–Trinajstić information content (AvgIpc) is 3.10. The van der Waals surface area contributed by atoms with E-state index in [0.29, 0.717) is 18.8 Å². The third-order valence-corrected chi connectivity index (χ3v) is 4.30. The number of hydrogen-bond acceptors (Lipinski definition) is 5. The van der Waals surface area contributed by atoms with Gasteiger partial charge in [-0.2, -0.15) is 0 Å². The van der Waals surface area contributed by atoms with Crippen LogP contribution in [0.15, 0.2) is 42.7 Å². The summed E-state index contributed by atoms with van der Waals surface area (Å²) in [4.78, 5) is 30.0. The molecule has 0 fully saturated rings. The summed E-state index contributed by atoms with van der Waals surface area (Å²) in [7, 11) is 3.88. The number of hydrogen-bond donors (Lipinski definition) is 2. The van der Waals surface area contributed by atoms with Gasteiger partial charge in [0.15, 0.2) is 0 Å². The minimum Gasteiger partial charge on any atom is -0.493 e. The van der Waals surface area contributed by atoms with Crippen LogP contribution in [0.4, 0.5) is 5.69 Å². The maximum Gasteiger partial charge on any atom is 0.313 e. The summed E-state index contributed by atoms with van der Waals surface area (Å²) in [5.74, 6) is -0.464. The van der Waals surface area contributed by atoms with E-state index in [0.717, 1.165) is 17.7 Å². The maximum absolute atomic E-state index is 12.1. The molecule has 1 aliphatic heterocycles. The molecule has 0 unspecified atom stereocenters. The fourth-order valence-corrected chi connectivity index (χ4v) is 2.91. The van der Waals surface area contributed by atoms with E-state index in [2.05, 4.69) is 21.7 Å². The van der Waals surface area contributed by atoms with Crippen LogP contribution < -0.4 is 15.4 Å². The minimum atomic E-state index is -0.710. The SMILES string of the molecule is CN(C)[C@H](CNC(=O)C(=O)Nc1cccnc1)c1ccc2c(c1)CCO2. The monoisotopic (exact) mass is 354 g/mol. The number of fused-ring (bicyclic) bond motifs is 1. The fourth-order valence-electron chi connectivity index (χ4n) is 2.91. The van der Waals surface area contributed by atoms with E-state index in [1.165, 1.54) is 11.8 Å². The highest BCUT2D eigenvalue weighted by Crippen LogP contribution is 2.29. The van der Waals surface area contributed by atoms with Crippen LogP contribution in [-0.2, 0) is 16.0 Å². The molecule has 136 valence electrons. The summed E-state index contributed by atoms with van der Waals surface area (Å²) >= 11 is 0. The first-order valence-corrected chi connectivity index (χ1v) is 8.46. The number of nitrogens with zero attached hydrogens (tertiary/aromatic N) is 2. The predicted octanol–water partition coefficient (Wildman–Crippen LogP) is 1.37. The smallest absolute Gasteiger partial charge is 0.313 e. The molecule has 0 radical (unpaired) electrons. The Morgan fingerprint density at radius 1 is 1.27 bits per heavy atom. The number of aromatic nitrogens is 1. The van der Waals surface area contributed by atoms with Crippen LogP contribution in [0.1, 0.15) is 17.2 Å². The zero-order chi connectivity index (χ0) is 18.5. The molecular weight excluding hydrogens is 332 g/mol. The Labute approximate surface area is 152 Å². The maximum atomic E-state index is 12.1. The van der Waals surface area contributed by atoms with Gasteiger partial charge in [0.05, 0.1) is 24.5 Å². The first kappa shape index (κ1) is 17.9. The zero-order valence-corrected chi connectivity index (χ0v) is 14.9. The van der Waals surface area contributed by atoms with Crippen molar-refractivity contribution >= 4 is 17.5 Å². The molecule has 3 rings (SSSR count). The van der Waals surface area contributed by atoms with Crippen molar-refractivity contribution in [2.24, 2.45) is 0 Å². The minimum absolute atomic E-state index is 0.0453. The van der Waals surface area contributed by atoms with Crippen molar-refractivity contribution < 1.29 is 14.3 Å². The molecule has 26 heavy (non-hydrogen) atoms. The largest absolute Gasteiger partial charge is 0.493 e. The molecule has 2 amide bonds. The first-order valence-electron chi connectivity index (χ1n) is 8.46. The van der Waals surface area contributed by atoms with Gasteiger partial charge in [-0.15, -0.1) is 0 Å². The van der Waals surface area contributed by atoms with Crippen LogP contribution in [0.3, 0.4) is 0 Å². The summed E-state index contributed by atoms with van der Waals surface area (Å²) in [6, 6.07) is 9.38. The summed E-state index contributed by atoms with van der Waals surface area (Å²) in [5, 5.41) is 5.23. The molecule has 2 aromatic rings. The lowest BCUT2D eigenvalue weighted by Crippen LogP contribution is -2.40. The molecule has 0 spiro atoms. The Balaban J connectivity index is 1.62. The van der Waals surface area contributed by atoms with Crippen LogP contribution in [0.5, 0.6) is 5.75 Å². The average molecular weight is 354 g/mol. The standard InChI is InChI=1S/C19H22N4O3/c1-23(2)16(13-5-6-17-14(10-13)7-9-26-17)12-21-18(24)19(25)22-15-4-3-8-20-11-15/h3-6,8,10-11,16H,7,9,12H2,1-2H3,(H,21,24)(H,22,25)/t16-/m1/s1. The number of ether oxygens (including phenoxy) is 1. The van der Waals surface area contributed by atoms with Crippen LogP contribution >= 0.6 is 0 Å². The first-order chi connectivity index (χ1) is 12.5. The van der Waals surface area contributed by atoms with Crippen LogP contribution in [0.2, 0.25) is 0 Å². The lowest BCUT2D eigenvalue weighted by Gasteiger charge is -2.25. The van der Waals surface area contributed by atoms with E-state index in [-0.39, 0.29) is 6.04 Å². The van der Waals surface area contributed by atoms with E-state index < -0.39 is 11.8 Å². The molecule has 7 nitrogen and oxygen atoms in total. The number of rotatable bonds is 5. The lowest BCUT2D eigenvalue weighted by molar-refractivity contribution is -0.136. The highest BCUT2D eigenvalue weighted by Gasteiger charge is 2.21. The third kappa shape index (κ3) is 4.18. The van der Waals surface area contributed by atoms with E-state index in [1.54, 1.807) is 18.3 Å². The Bertz CT molecular complexity index is 793. The highest BCUT2D eigenvalue weighted by molar-refractivity contribution is 6.39. The van der Waals surface area contributed by atoms with Crippen molar-refractivity contribution in [2.45, 2.75) is 12.5 Å². The lowest BCUT2D eigenvalue weighted by atomic mass is 10.0. The zero-order valence-electron chi connectivity index (χ0n) is 14.9. The molecule has 0 bridgehead atoms. The predicted molar refractivity (Wildman–Crippen MR) is 97.9 cm³/mol. The van der Waals surface area contributed by atoms with Gasteiger partial charge in [0.25, 0.3) is 0 Å². The molecule has 1 aromatic heterocycles. The Morgan fingerprint density at radius 3 is 2.85 bits per heavy atom. The molecule has 1 aliphatic rings. The van der Waals surface area contributed by atoms with Crippen molar-refractivity contribution in [3.8, 4) is 5.75 Å². The Kier molecular flexibility index (Phi) is 5.48. The summed E-state index contributed by atoms with van der Waals surface area (Å²) in [6.45, 7) is 1.03. The van der Waals surface area contributed by atoms with Gasteiger partial charge in [-0.25, -0.2) is 0 Å². The number of amides is 2. The summed E-state index contributed by atoms with van der Waals surface area (Å²) in [6.07, 6.45) is 3.97. The topological polar surface area (TPSA) is 83.6 Å². The van der Waals surface area contributed by atoms with Gasteiger partial charge in [-0.3, -0.25) is 14.6 Å². The molecule has 0 aliphatic carbocycles. The molecule has 0 saturated carbocycles. The van der Waals surface area contributed by atoms with Gasteiger partial charge in [-0.05, 0) is 43.4 Å². The molecule has 7 heteroatoms. The molecule has 2 N–H and O–H groups in total. The highest BCUT2D eigenvalue weighted by atomic mass is 16.5. The third-order valence-electron chi connectivity index (χ3n) is 4.30. The van der Waals surface area contributed by atoms with Gasteiger partial charge >= 0.3 is 11.8 Å². The van der Waals surface area contributed by atoms with Gasteiger partial charge in [0, 0.05) is 19.2 Å². The summed E-state index contributed by atoms with van der Waals surface area (Å²) < 4.78 is 5.54. The van der Waals surface area contributed by atoms with Crippen LogP contribution in [0, 0.1) is 0 Å². The number of likely N-dealkylation sites (N-methyl/N-ethyl adjacent to an activating group) is 1. The van der Waals surface area contributed by atoms with Crippen molar-refractivity contribution in [1.29, 1.82) is 0 Å². The van der Waals surface area contributed by atoms with Crippen LogP contribution in [0.25, 0.3) is 0 Å². The number of anilines is 1. The summed E-state index contributed by atoms with van der Waals surface area (Å²) in [5.41, 5.74) is 2.73. The second-order valence-electron chi connectivity index (χ2n) is 6.35. The Morgan fingerprint density at radius 2 is 2.12 bits per heavy atom. The normalized spacial score (nSPS) is 13.7. The quantitative estimate of drug-likeness (QED) is 0.793. The van der Waals surface area contributed by atoms with E-state index in [4.69, 9.17) is 4.74 Å². The molecular formula is C19H22N4O3. The Hall–Kier alpha value is -2.93. The van der Waals surface area contributed by atoms with E-state index >= 15 is 0 Å². The molecule has 2 heterocycles. The van der Waals surface area contributed by atoms with Gasteiger partial charge in [0.2, 0.25) is 0 Å². The second kappa shape index (κ2) is 7.97. The number of nitrogens with one attached hydrogen (secondary N) is 2. The second-order valence-corrected chi connectivity index (χ2v) is 6.35. The molecule has 1 atom stereocenters. The van der Waals surface area contributed by atoms with Crippen molar-refractivity contribution in [3.05, 3.63) is 53.9 Å². The molecule has 0 saturated heterocycles. The number of pyridine rings is 1. The fraction of sp³-hybridized carbons (Fsp3) is 0.316. The van der Waals surface area contributed by atoms with Crippen LogP contribution in [-0.4, -0.2) is 48.9 Å². The van der Waals surface area contributed by atoms with Crippen molar-refractivity contribution in [2.75, 3.05) is 32.6 Å². The van der Waals surface area contributed by atoms with E-state index in [1.807, 2.05) is 31.1 Å². The number of carbonyl (C=O) groups is 2. The van der Waals surface area contributed by atoms with Crippen molar-refractivity contribution in [1.82, 2.24) is 15.2 Å². The van der Waals surface area contributed by atoms with Gasteiger partial charge < -0.3 is 20.3 Å². The van der Waals surface area contributed by atoms with Crippen molar-refractivity contribution in [3.63, 3.8) is 0 Å². The number of benzene rings is 1.